The van der Waals surface area contributed by atoms with E-state index in [4.69, 9.17) is 4.74 Å². The van der Waals surface area contributed by atoms with Crippen LogP contribution in [0.2, 0.25) is 0 Å². The molecule has 0 bridgehead atoms. The second kappa shape index (κ2) is 7.32. The van der Waals surface area contributed by atoms with Crippen LogP contribution in [0, 0.1) is 5.92 Å². The molecule has 5 atom stereocenters. The third-order valence-electron chi connectivity index (χ3n) is 5.32. The number of ether oxygens (including phenoxy) is 1. The molecule has 0 saturated carbocycles. The first-order valence-corrected chi connectivity index (χ1v) is 12.1. The van der Waals surface area contributed by atoms with Gasteiger partial charge in [-0.25, -0.2) is 14.6 Å². The lowest BCUT2D eigenvalue weighted by molar-refractivity contribution is 0.200. The van der Waals surface area contributed by atoms with E-state index < -0.39 is 10.8 Å². The molecule has 0 aromatic carbocycles. The third kappa shape index (κ3) is 3.07. The number of thiazole rings is 1. The number of imidazole rings is 1. The van der Waals surface area contributed by atoms with Crippen molar-refractivity contribution in [1.82, 2.24) is 20.0 Å². The molecule has 2 N–H and O–H groups in total. The van der Waals surface area contributed by atoms with E-state index in [0.717, 1.165) is 27.8 Å². The van der Waals surface area contributed by atoms with E-state index in [2.05, 4.69) is 20.7 Å². The molecule has 0 spiro atoms. The van der Waals surface area contributed by atoms with Gasteiger partial charge < -0.3 is 4.74 Å². The zero-order valence-corrected chi connectivity index (χ0v) is 17.3. The Balaban J connectivity index is 1.48. The molecule has 27 heavy (non-hydrogen) atoms. The molecule has 0 aliphatic carbocycles. The van der Waals surface area contributed by atoms with Crippen molar-refractivity contribution in [1.29, 1.82) is 0 Å². The molecule has 3 aliphatic rings. The van der Waals surface area contributed by atoms with Gasteiger partial charge in [0.1, 0.15) is 11.3 Å². The van der Waals surface area contributed by atoms with Crippen molar-refractivity contribution in [2.75, 3.05) is 24.9 Å². The molecular weight excluding hydrogens is 402 g/mol. The summed E-state index contributed by atoms with van der Waals surface area (Å²) in [6.45, 7) is 0.637. The number of aromatic nitrogens is 3. The van der Waals surface area contributed by atoms with Crippen molar-refractivity contribution in [2.45, 2.75) is 30.2 Å². The van der Waals surface area contributed by atoms with E-state index in [-0.39, 0.29) is 17.3 Å². The number of methoxy groups -OCH3 is 1. The van der Waals surface area contributed by atoms with Gasteiger partial charge in [-0.2, -0.15) is 0 Å². The van der Waals surface area contributed by atoms with Crippen LogP contribution in [-0.2, 0) is 15.5 Å². The first-order valence-electron chi connectivity index (χ1n) is 8.99. The maximum Gasteiger partial charge on any atom is 0.115 e. The summed E-state index contributed by atoms with van der Waals surface area (Å²) in [6.07, 6.45) is 7.39. The summed E-state index contributed by atoms with van der Waals surface area (Å²) in [7, 11) is 0.657. The molecule has 144 valence electrons. The minimum absolute atomic E-state index is 0.199. The lowest BCUT2D eigenvalue weighted by atomic mass is 9.78. The predicted octanol–water partition coefficient (Wildman–Crippen LogP) is 2.36. The maximum absolute atomic E-state index is 13.0. The monoisotopic (exact) mass is 423 g/mol. The average Bonchev–Trinajstić information content (AvgIpc) is 3.42. The zero-order chi connectivity index (χ0) is 18.4. The minimum atomic E-state index is -1.02. The molecule has 5 unspecified atom stereocenters. The van der Waals surface area contributed by atoms with Crippen LogP contribution in [0.25, 0.3) is 0 Å². The summed E-state index contributed by atoms with van der Waals surface area (Å²) in [5.74, 6) is 1.25. The molecular formula is C17H21N5O2S3. The molecule has 10 heteroatoms. The normalized spacial score (nSPS) is 30.0. The van der Waals surface area contributed by atoms with Crippen molar-refractivity contribution in [3.05, 3.63) is 44.7 Å². The lowest BCUT2D eigenvalue weighted by Gasteiger charge is -2.42. The fraction of sp³-hybridized carbons (Fsp3) is 0.529. The number of fused-ring (bicyclic) bond motifs is 2. The van der Waals surface area contributed by atoms with Crippen LogP contribution >= 0.6 is 23.1 Å². The van der Waals surface area contributed by atoms with Crippen LogP contribution in [0.3, 0.4) is 0 Å². The molecule has 0 radical (unpaired) electrons. The largest absolute Gasteiger partial charge is 0.385 e. The lowest BCUT2D eigenvalue weighted by Crippen LogP contribution is -2.48. The average molecular weight is 424 g/mol. The Labute approximate surface area is 168 Å². The predicted molar refractivity (Wildman–Crippen MR) is 108 cm³/mol. The molecule has 5 heterocycles. The molecule has 1 fully saturated rings. The number of rotatable bonds is 6. The van der Waals surface area contributed by atoms with Crippen molar-refractivity contribution in [2.24, 2.45) is 5.92 Å². The van der Waals surface area contributed by atoms with Gasteiger partial charge in [-0.05, 0) is 12.8 Å². The Morgan fingerprint density at radius 3 is 3.22 bits per heavy atom. The minimum Gasteiger partial charge on any atom is -0.385 e. The van der Waals surface area contributed by atoms with Crippen LogP contribution in [0.5, 0.6) is 0 Å². The van der Waals surface area contributed by atoms with Crippen LogP contribution in [0.15, 0.2) is 34.0 Å². The third-order valence-corrected chi connectivity index (χ3v) is 9.47. The van der Waals surface area contributed by atoms with Crippen molar-refractivity contribution < 1.29 is 8.95 Å². The summed E-state index contributed by atoms with van der Waals surface area (Å²) in [5.41, 5.74) is 5.77. The summed E-state index contributed by atoms with van der Waals surface area (Å²) in [5, 5.41) is 7.11. The highest BCUT2D eigenvalue weighted by Gasteiger charge is 2.51. The van der Waals surface area contributed by atoms with Gasteiger partial charge in [-0.3, -0.25) is 15.0 Å². The first-order chi connectivity index (χ1) is 13.3. The fourth-order valence-electron chi connectivity index (χ4n) is 4.17. The van der Waals surface area contributed by atoms with Crippen LogP contribution < -0.4 is 10.7 Å². The smallest absolute Gasteiger partial charge is 0.115 e. The topological polar surface area (TPSA) is 81.1 Å². The van der Waals surface area contributed by atoms with E-state index in [1.54, 1.807) is 30.2 Å². The number of hydrogen-bond acceptors (Lipinski definition) is 8. The van der Waals surface area contributed by atoms with Crippen LogP contribution in [0.1, 0.15) is 35.5 Å². The van der Waals surface area contributed by atoms with Gasteiger partial charge in [0.05, 0.1) is 44.0 Å². The van der Waals surface area contributed by atoms with Gasteiger partial charge in [0.25, 0.3) is 0 Å². The van der Waals surface area contributed by atoms with Crippen molar-refractivity contribution >= 4 is 33.9 Å². The Morgan fingerprint density at radius 1 is 1.48 bits per heavy atom. The number of nitrogens with one attached hydrogen (secondary N) is 2. The molecule has 3 aliphatic heterocycles. The van der Waals surface area contributed by atoms with Gasteiger partial charge in [0.15, 0.2) is 0 Å². The Morgan fingerprint density at radius 2 is 2.41 bits per heavy atom. The van der Waals surface area contributed by atoms with E-state index in [9.17, 15) is 4.21 Å². The van der Waals surface area contributed by atoms with Crippen molar-refractivity contribution in [3.63, 3.8) is 0 Å². The highest BCUT2D eigenvalue weighted by Crippen LogP contribution is 2.55. The van der Waals surface area contributed by atoms with Gasteiger partial charge in [-0.1, -0.05) is 11.8 Å². The summed E-state index contributed by atoms with van der Waals surface area (Å²) in [4.78, 5) is 8.87. The molecule has 2 aromatic rings. The number of piperidine rings is 1. The van der Waals surface area contributed by atoms with E-state index >= 15 is 0 Å². The fourth-order valence-corrected chi connectivity index (χ4v) is 8.10. The Bertz CT molecular complexity index is 881. The molecule has 5 rings (SSSR count). The Hall–Kier alpha value is -1.20. The maximum atomic E-state index is 13.0. The van der Waals surface area contributed by atoms with Crippen LogP contribution in [-0.4, -0.2) is 43.7 Å². The molecule has 0 amide bonds. The van der Waals surface area contributed by atoms with Crippen molar-refractivity contribution in [3.8, 4) is 0 Å². The SMILES string of the molecule is COCCCS(=O)C1=C2Nn3cncc3C3CC(c4nccs4)NC(S1)C23. The van der Waals surface area contributed by atoms with E-state index in [0.29, 0.717) is 18.3 Å². The quantitative estimate of drug-likeness (QED) is 0.690. The molecule has 2 aromatic heterocycles. The summed E-state index contributed by atoms with van der Waals surface area (Å²) in [6, 6.07) is 0.215. The molecule has 7 nitrogen and oxygen atoms in total. The highest BCUT2D eigenvalue weighted by atomic mass is 32.2. The zero-order valence-electron chi connectivity index (χ0n) is 14.8. The van der Waals surface area contributed by atoms with Gasteiger partial charge in [-0.15, -0.1) is 11.3 Å². The number of hydrogen-bond donors (Lipinski definition) is 2. The summed E-state index contributed by atoms with van der Waals surface area (Å²) < 4.78 is 21.1. The van der Waals surface area contributed by atoms with Crippen LogP contribution in [0.4, 0.5) is 0 Å². The molecule has 1 saturated heterocycles. The second-order valence-electron chi connectivity index (χ2n) is 6.89. The van der Waals surface area contributed by atoms with E-state index in [1.165, 1.54) is 5.69 Å². The van der Waals surface area contributed by atoms with Gasteiger partial charge >= 0.3 is 0 Å². The van der Waals surface area contributed by atoms with Gasteiger partial charge in [0, 0.05) is 42.9 Å². The highest BCUT2D eigenvalue weighted by molar-refractivity contribution is 8.17. The first kappa shape index (κ1) is 17.9. The number of nitrogens with zero attached hydrogens (tertiary/aromatic N) is 3. The van der Waals surface area contributed by atoms with Gasteiger partial charge in [0.2, 0.25) is 0 Å². The number of thioether (sulfide) groups is 1. The van der Waals surface area contributed by atoms with E-state index in [1.807, 2.05) is 28.8 Å². The second-order valence-corrected chi connectivity index (χ2v) is 10.7. The standard InChI is InChI=1S/C17H21N5O2S3/c1-24-4-2-6-27(23)17-14-13-10(12-8-18-9-22(12)21-14)7-11(20-16(13)26-17)15-19-3-5-25-15/h3,5,8-11,13,16,20-21H,2,4,6-7H2,1H3. The summed E-state index contributed by atoms with van der Waals surface area (Å²) >= 11 is 3.41. The Kier molecular flexibility index (Phi) is 4.85.